The van der Waals surface area contributed by atoms with E-state index < -0.39 is 0 Å². The van der Waals surface area contributed by atoms with Gasteiger partial charge in [-0.2, -0.15) is 5.10 Å². The number of hydrogen-bond acceptors (Lipinski definition) is 2. The smallest absolute Gasteiger partial charge is 0.125 e. The molecular formula is C15H19N3. The van der Waals surface area contributed by atoms with Gasteiger partial charge in [0.15, 0.2) is 0 Å². The molecule has 1 aliphatic heterocycles. The molecule has 1 unspecified atom stereocenters. The summed E-state index contributed by atoms with van der Waals surface area (Å²) < 4.78 is 2.15. The summed E-state index contributed by atoms with van der Waals surface area (Å²) in [6.07, 6.45) is 1.09. The van der Waals surface area contributed by atoms with Gasteiger partial charge in [-0.05, 0) is 17.9 Å². The standard InChI is InChI=1S/C15H19N3/c1-11(2)13-10-15-16-9-8-14(18(15)17-13)12-6-4-3-5-7-12/h3-7,10-11,14,16H,8-9H2,1-2H3. The predicted molar refractivity (Wildman–Crippen MR) is 74.0 cm³/mol. The lowest BCUT2D eigenvalue weighted by Crippen LogP contribution is -2.24. The van der Waals surface area contributed by atoms with Crippen LogP contribution in [0.25, 0.3) is 0 Å². The lowest BCUT2D eigenvalue weighted by molar-refractivity contribution is 0.476. The SMILES string of the molecule is CC(C)c1cc2n(n1)C(c1ccccc1)CCN2. The quantitative estimate of drug-likeness (QED) is 0.873. The summed E-state index contributed by atoms with van der Waals surface area (Å²) in [5.74, 6) is 1.63. The molecule has 0 fully saturated rings. The number of nitrogens with one attached hydrogen (secondary N) is 1. The van der Waals surface area contributed by atoms with E-state index in [1.807, 2.05) is 0 Å². The van der Waals surface area contributed by atoms with Crippen molar-refractivity contribution in [3.05, 3.63) is 47.7 Å². The molecule has 1 atom stereocenters. The number of aromatic nitrogens is 2. The van der Waals surface area contributed by atoms with E-state index in [0.29, 0.717) is 12.0 Å². The Morgan fingerprint density at radius 2 is 2.06 bits per heavy atom. The largest absolute Gasteiger partial charge is 0.370 e. The van der Waals surface area contributed by atoms with Gasteiger partial charge in [-0.3, -0.25) is 0 Å². The van der Waals surface area contributed by atoms with Crippen molar-refractivity contribution in [3.8, 4) is 0 Å². The van der Waals surface area contributed by atoms with Gasteiger partial charge in [-0.1, -0.05) is 44.2 Å². The van der Waals surface area contributed by atoms with Crippen LogP contribution in [0.4, 0.5) is 5.82 Å². The number of rotatable bonds is 2. The van der Waals surface area contributed by atoms with Gasteiger partial charge in [0.25, 0.3) is 0 Å². The second kappa shape index (κ2) is 4.48. The van der Waals surface area contributed by atoms with E-state index in [2.05, 4.69) is 60.2 Å². The molecule has 1 N–H and O–H groups in total. The molecule has 3 nitrogen and oxygen atoms in total. The number of benzene rings is 1. The molecule has 2 aromatic rings. The Morgan fingerprint density at radius 3 is 2.78 bits per heavy atom. The Hall–Kier alpha value is -1.77. The lowest BCUT2D eigenvalue weighted by atomic mass is 10.0. The van der Waals surface area contributed by atoms with Gasteiger partial charge in [-0.25, -0.2) is 4.68 Å². The topological polar surface area (TPSA) is 29.9 Å². The minimum Gasteiger partial charge on any atom is -0.370 e. The molecule has 0 spiro atoms. The molecule has 18 heavy (non-hydrogen) atoms. The van der Waals surface area contributed by atoms with Crippen molar-refractivity contribution in [1.29, 1.82) is 0 Å². The van der Waals surface area contributed by atoms with Gasteiger partial charge in [0.05, 0.1) is 11.7 Å². The highest BCUT2D eigenvalue weighted by atomic mass is 15.4. The fourth-order valence-electron chi connectivity index (χ4n) is 2.51. The summed E-state index contributed by atoms with van der Waals surface area (Å²) in [7, 11) is 0. The maximum absolute atomic E-state index is 4.76. The highest BCUT2D eigenvalue weighted by Gasteiger charge is 2.23. The molecule has 94 valence electrons. The Morgan fingerprint density at radius 1 is 1.28 bits per heavy atom. The van der Waals surface area contributed by atoms with Gasteiger partial charge in [0, 0.05) is 12.6 Å². The number of anilines is 1. The zero-order valence-corrected chi connectivity index (χ0v) is 10.9. The van der Waals surface area contributed by atoms with Crippen molar-refractivity contribution in [3.63, 3.8) is 0 Å². The van der Waals surface area contributed by atoms with E-state index in [9.17, 15) is 0 Å². The third-order valence-corrected chi connectivity index (χ3v) is 3.55. The second-order valence-electron chi connectivity index (χ2n) is 5.20. The van der Waals surface area contributed by atoms with E-state index in [0.717, 1.165) is 18.8 Å². The first kappa shape index (κ1) is 11.3. The molecule has 0 radical (unpaired) electrons. The van der Waals surface area contributed by atoms with E-state index in [4.69, 9.17) is 5.10 Å². The molecule has 1 aliphatic rings. The first-order chi connectivity index (χ1) is 8.75. The van der Waals surface area contributed by atoms with Crippen LogP contribution >= 0.6 is 0 Å². The molecule has 3 rings (SSSR count). The van der Waals surface area contributed by atoms with Crippen LogP contribution in [0.15, 0.2) is 36.4 Å². The average molecular weight is 241 g/mol. The number of fused-ring (bicyclic) bond motifs is 1. The van der Waals surface area contributed by atoms with Crippen LogP contribution < -0.4 is 5.32 Å². The third-order valence-electron chi connectivity index (χ3n) is 3.55. The fraction of sp³-hybridized carbons (Fsp3) is 0.400. The predicted octanol–water partition coefficient (Wildman–Crippen LogP) is 3.41. The molecule has 0 saturated heterocycles. The molecule has 0 saturated carbocycles. The first-order valence-electron chi connectivity index (χ1n) is 6.64. The average Bonchev–Trinajstić information content (AvgIpc) is 2.83. The highest BCUT2D eigenvalue weighted by Crippen LogP contribution is 2.31. The van der Waals surface area contributed by atoms with E-state index in [1.54, 1.807) is 0 Å². The Balaban J connectivity index is 2.01. The van der Waals surface area contributed by atoms with Crippen molar-refractivity contribution in [2.24, 2.45) is 0 Å². The minimum absolute atomic E-state index is 0.370. The lowest BCUT2D eigenvalue weighted by Gasteiger charge is -2.25. The molecule has 0 bridgehead atoms. The van der Waals surface area contributed by atoms with Crippen LogP contribution in [0, 0.1) is 0 Å². The summed E-state index contributed by atoms with van der Waals surface area (Å²) in [5, 5.41) is 8.20. The van der Waals surface area contributed by atoms with Crippen LogP contribution in [-0.4, -0.2) is 16.3 Å². The summed E-state index contributed by atoms with van der Waals surface area (Å²) in [6.45, 7) is 5.39. The second-order valence-corrected chi connectivity index (χ2v) is 5.20. The number of nitrogens with zero attached hydrogens (tertiary/aromatic N) is 2. The van der Waals surface area contributed by atoms with Gasteiger partial charge in [-0.15, -0.1) is 0 Å². The fourth-order valence-corrected chi connectivity index (χ4v) is 2.51. The minimum atomic E-state index is 0.370. The van der Waals surface area contributed by atoms with Crippen molar-refractivity contribution in [2.45, 2.75) is 32.2 Å². The zero-order chi connectivity index (χ0) is 12.5. The maximum atomic E-state index is 4.76. The normalized spacial score (nSPS) is 18.5. The van der Waals surface area contributed by atoms with E-state index in [1.165, 1.54) is 11.3 Å². The molecule has 1 aromatic heterocycles. The van der Waals surface area contributed by atoms with E-state index >= 15 is 0 Å². The van der Waals surface area contributed by atoms with Gasteiger partial charge in [0.2, 0.25) is 0 Å². The van der Waals surface area contributed by atoms with Crippen LogP contribution in [0.5, 0.6) is 0 Å². The Bertz CT molecular complexity index is 528. The van der Waals surface area contributed by atoms with Crippen LogP contribution in [0.1, 0.15) is 43.5 Å². The highest BCUT2D eigenvalue weighted by molar-refractivity contribution is 5.42. The summed E-state index contributed by atoms with van der Waals surface area (Å²) in [5.41, 5.74) is 2.51. The Kier molecular flexibility index (Phi) is 2.82. The Labute approximate surface area is 108 Å². The first-order valence-corrected chi connectivity index (χ1v) is 6.64. The maximum Gasteiger partial charge on any atom is 0.125 e. The molecule has 2 heterocycles. The van der Waals surface area contributed by atoms with Crippen molar-refractivity contribution < 1.29 is 0 Å². The summed E-state index contributed by atoms with van der Waals surface area (Å²) in [4.78, 5) is 0. The van der Waals surface area contributed by atoms with Crippen LogP contribution in [0.3, 0.4) is 0 Å². The van der Waals surface area contributed by atoms with Crippen LogP contribution in [0.2, 0.25) is 0 Å². The van der Waals surface area contributed by atoms with Gasteiger partial charge >= 0.3 is 0 Å². The van der Waals surface area contributed by atoms with Crippen molar-refractivity contribution in [2.75, 3.05) is 11.9 Å². The third kappa shape index (κ3) is 1.90. The van der Waals surface area contributed by atoms with E-state index in [-0.39, 0.29) is 0 Å². The summed E-state index contributed by atoms with van der Waals surface area (Å²) >= 11 is 0. The van der Waals surface area contributed by atoms with Crippen LogP contribution in [-0.2, 0) is 0 Å². The summed E-state index contributed by atoms with van der Waals surface area (Å²) in [6, 6.07) is 13.2. The van der Waals surface area contributed by atoms with Gasteiger partial charge < -0.3 is 5.32 Å². The monoisotopic (exact) mass is 241 g/mol. The van der Waals surface area contributed by atoms with Gasteiger partial charge in [0.1, 0.15) is 5.82 Å². The molecule has 0 amide bonds. The molecule has 3 heteroatoms. The van der Waals surface area contributed by atoms with Crippen molar-refractivity contribution >= 4 is 5.82 Å². The molecular weight excluding hydrogens is 222 g/mol. The van der Waals surface area contributed by atoms with Crippen molar-refractivity contribution in [1.82, 2.24) is 9.78 Å². The molecule has 0 aliphatic carbocycles. The number of hydrogen-bond donors (Lipinski definition) is 1. The zero-order valence-electron chi connectivity index (χ0n) is 10.9. The molecule has 1 aromatic carbocycles.